The summed E-state index contributed by atoms with van der Waals surface area (Å²) in [5.41, 5.74) is 1.83. The molecule has 2 heteroatoms. The van der Waals surface area contributed by atoms with Crippen LogP contribution in [-0.4, -0.2) is 17.7 Å². The Labute approximate surface area is 130 Å². The van der Waals surface area contributed by atoms with Gasteiger partial charge in [0.25, 0.3) is 0 Å². The molecule has 0 amide bonds. The first-order valence-corrected chi connectivity index (χ1v) is 8.50. The molecule has 1 atom stereocenters. The minimum Gasteiger partial charge on any atom is -0.508 e. The molecule has 2 rings (SSSR count). The van der Waals surface area contributed by atoms with Crippen molar-refractivity contribution < 1.29 is 5.11 Å². The maximum Gasteiger partial charge on any atom is 0.115 e. The number of benzene rings is 1. The fourth-order valence-electron chi connectivity index (χ4n) is 3.89. The third-order valence-electron chi connectivity index (χ3n) is 4.81. The number of hydrogen-bond acceptors (Lipinski definition) is 2. The minimum atomic E-state index is 0.348. The molecular weight excluding hydrogens is 258 g/mol. The first-order chi connectivity index (χ1) is 9.99. The van der Waals surface area contributed by atoms with Crippen LogP contribution in [0.3, 0.4) is 0 Å². The predicted octanol–water partition coefficient (Wildman–Crippen LogP) is 4.52. The van der Waals surface area contributed by atoms with Gasteiger partial charge in [0.05, 0.1) is 0 Å². The summed E-state index contributed by atoms with van der Waals surface area (Å²) >= 11 is 0. The minimum absolute atomic E-state index is 0.348. The van der Waals surface area contributed by atoms with Crippen LogP contribution in [0, 0.1) is 11.3 Å². The average Bonchev–Trinajstić information content (AvgIpc) is 2.87. The summed E-state index contributed by atoms with van der Waals surface area (Å²) in [5.74, 6) is 1.14. The molecule has 0 bridgehead atoms. The summed E-state index contributed by atoms with van der Waals surface area (Å²) in [6.45, 7) is 8.12. The molecule has 0 aromatic heterocycles. The number of phenols is 1. The van der Waals surface area contributed by atoms with Crippen molar-refractivity contribution in [3.63, 3.8) is 0 Å². The molecule has 1 unspecified atom stereocenters. The third-order valence-corrected chi connectivity index (χ3v) is 4.81. The normalized spacial score (nSPS) is 19.0. The van der Waals surface area contributed by atoms with Crippen molar-refractivity contribution in [1.29, 1.82) is 0 Å². The van der Waals surface area contributed by atoms with E-state index < -0.39 is 0 Å². The first kappa shape index (κ1) is 16.4. The fourth-order valence-corrected chi connectivity index (χ4v) is 3.89. The molecule has 0 radical (unpaired) electrons. The smallest absolute Gasteiger partial charge is 0.115 e. The number of hydrogen-bond donors (Lipinski definition) is 2. The summed E-state index contributed by atoms with van der Waals surface area (Å²) in [6, 6.07) is 8.08. The van der Waals surface area contributed by atoms with Gasteiger partial charge >= 0.3 is 0 Å². The van der Waals surface area contributed by atoms with Crippen molar-refractivity contribution in [3.8, 4) is 5.75 Å². The molecule has 1 aliphatic carbocycles. The molecule has 2 nitrogen and oxygen atoms in total. The zero-order valence-corrected chi connectivity index (χ0v) is 13.9. The second-order valence-corrected chi connectivity index (χ2v) is 7.46. The first-order valence-electron chi connectivity index (χ1n) is 8.50. The van der Waals surface area contributed by atoms with Gasteiger partial charge in [0, 0.05) is 12.6 Å². The van der Waals surface area contributed by atoms with E-state index in [9.17, 15) is 5.11 Å². The topological polar surface area (TPSA) is 32.3 Å². The molecule has 0 heterocycles. The van der Waals surface area contributed by atoms with E-state index in [4.69, 9.17) is 0 Å². The quantitative estimate of drug-likeness (QED) is 0.773. The van der Waals surface area contributed by atoms with E-state index in [0.29, 0.717) is 17.2 Å². The van der Waals surface area contributed by atoms with E-state index in [1.807, 2.05) is 12.1 Å². The Kier molecular flexibility index (Phi) is 5.69. The predicted molar refractivity (Wildman–Crippen MR) is 89.6 cm³/mol. The number of phenolic OH excluding ortho intramolecular Hbond substituents is 1. The summed E-state index contributed by atoms with van der Waals surface area (Å²) in [5, 5.41) is 13.1. The molecule has 0 saturated heterocycles. The average molecular weight is 289 g/mol. The number of aromatic hydroxyl groups is 1. The van der Waals surface area contributed by atoms with Gasteiger partial charge in [-0.15, -0.1) is 0 Å². The van der Waals surface area contributed by atoms with E-state index in [-0.39, 0.29) is 0 Å². The SMILES string of the molecule is CC(C)CC1(CNC(C)Cc2ccc(O)cc2)CCCC1. The molecule has 21 heavy (non-hydrogen) atoms. The molecule has 0 spiro atoms. The zero-order valence-electron chi connectivity index (χ0n) is 13.9. The van der Waals surface area contributed by atoms with E-state index in [2.05, 4.69) is 26.1 Å². The van der Waals surface area contributed by atoms with E-state index >= 15 is 0 Å². The Morgan fingerprint density at radius 3 is 2.29 bits per heavy atom. The van der Waals surface area contributed by atoms with E-state index in [0.717, 1.165) is 18.9 Å². The van der Waals surface area contributed by atoms with Gasteiger partial charge in [0.2, 0.25) is 0 Å². The summed E-state index contributed by atoms with van der Waals surface area (Å²) in [6.07, 6.45) is 7.97. The van der Waals surface area contributed by atoms with Crippen molar-refractivity contribution in [2.24, 2.45) is 11.3 Å². The molecule has 1 saturated carbocycles. The maximum absolute atomic E-state index is 9.34. The molecule has 1 aromatic rings. The van der Waals surface area contributed by atoms with Crippen LogP contribution < -0.4 is 5.32 Å². The Balaban J connectivity index is 1.84. The standard InChI is InChI=1S/C19H31NO/c1-15(2)13-19(10-4-5-11-19)14-20-16(3)12-17-6-8-18(21)9-7-17/h6-9,15-16,20-21H,4-5,10-14H2,1-3H3. The lowest BCUT2D eigenvalue weighted by Gasteiger charge is -2.32. The van der Waals surface area contributed by atoms with E-state index in [1.165, 1.54) is 37.7 Å². The lowest BCUT2D eigenvalue weighted by Crippen LogP contribution is -2.39. The van der Waals surface area contributed by atoms with Gasteiger partial charge in [-0.2, -0.15) is 0 Å². The van der Waals surface area contributed by atoms with Crippen LogP contribution in [0.25, 0.3) is 0 Å². The van der Waals surface area contributed by atoms with Crippen LogP contribution in [0.4, 0.5) is 0 Å². The lowest BCUT2D eigenvalue weighted by atomic mass is 9.78. The van der Waals surface area contributed by atoms with Crippen molar-refractivity contribution in [2.75, 3.05) is 6.54 Å². The Morgan fingerprint density at radius 2 is 1.71 bits per heavy atom. The highest BCUT2D eigenvalue weighted by molar-refractivity contribution is 5.26. The van der Waals surface area contributed by atoms with Crippen LogP contribution in [-0.2, 0) is 6.42 Å². The summed E-state index contributed by atoms with van der Waals surface area (Å²) in [4.78, 5) is 0. The van der Waals surface area contributed by atoms with Gasteiger partial charge in [0.15, 0.2) is 0 Å². The molecule has 1 aliphatic rings. The van der Waals surface area contributed by atoms with Gasteiger partial charge in [-0.25, -0.2) is 0 Å². The lowest BCUT2D eigenvalue weighted by molar-refractivity contribution is 0.216. The Hall–Kier alpha value is -1.02. The number of rotatable bonds is 7. The van der Waals surface area contributed by atoms with Crippen molar-refractivity contribution >= 4 is 0 Å². The van der Waals surface area contributed by atoms with Crippen LogP contribution in [0.15, 0.2) is 24.3 Å². The van der Waals surface area contributed by atoms with Gasteiger partial charge in [-0.05, 0) is 61.6 Å². The second kappa shape index (κ2) is 7.31. The van der Waals surface area contributed by atoms with Crippen LogP contribution >= 0.6 is 0 Å². The van der Waals surface area contributed by atoms with Crippen molar-refractivity contribution in [3.05, 3.63) is 29.8 Å². The molecule has 118 valence electrons. The maximum atomic E-state index is 9.34. The molecular formula is C19H31NO. The largest absolute Gasteiger partial charge is 0.508 e. The highest BCUT2D eigenvalue weighted by Gasteiger charge is 2.34. The molecule has 0 aliphatic heterocycles. The van der Waals surface area contributed by atoms with Crippen molar-refractivity contribution in [2.45, 2.75) is 65.3 Å². The van der Waals surface area contributed by atoms with Crippen LogP contribution in [0.5, 0.6) is 5.75 Å². The molecule has 1 fully saturated rings. The Morgan fingerprint density at radius 1 is 1.10 bits per heavy atom. The number of nitrogens with one attached hydrogen (secondary N) is 1. The molecule has 1 aromatic carbocycles. The summed E-state index contributed by atoms with van der Waals surface area (Å²) in [7, 11) is 0. The van der Waals surface area contributed by atoms with Crippen LogP contribution in [0.2, 0.25) is 0 Å². The second-order valence-electron chi connectivity index (χ2n) is 7.46. The van der Waals surface area contributed by atoms with Gasteiger partial charge < -0.3 is 10.4 Å². The van der Waals surface area contributed by atoms with Gasteiger partial charge in [0.1, 0.15) is 5.75 Å². The molecule has 2 N–H and O–H groups in total. The fraction of sp³-hybridized carbons (Fsp3) is 0.684. The monoisotopic (exact) mass is 289 g/mol. The third kappa shape index (κ3) is 5.03. The summed E-state index contributed by atoms with van der Waals surface area (Å²) < 4.78 is 0. The zero-order chi connectivity index (χ0) is 15.3. The van der Waals surface area contributed by atoms with Gasteiger partial charge in [-0.3, -0.25) is 0 Å². The highest BCUT2D eigenvalue weighted by atomic mass is 16.3. The van der Waals surface area contributed by atoms with Crippen molar-refractivity contribution in [1.82, 2.24) is 5.32 Å². The van der Waals surface area contributed by atoms with E-state index in [1.54, 1.807) is 12.1 Å². The Bertz CT molecular complexity index is 418. The highest BCUT2D eigenvalue weighted by Crippen LogP contribution is 2.42. The van der Waals surface area contributed by atoms with Gasteiger partial charge in [-0.1, -0.05) is 38.8 Å². The van der Waals surface area contributed by atoms with Crippen LogP contribution in [0.1, 0.15) is 58.4 Å².